The number of benzene rings is 2. The van der Waals surface area contributed by atoms with Crippen molar-refractivity contribution in [2.24, 2.45) is 0 Å². The number of hydrogen-bond acceptors (Lipinski definition) is 1. The molecule has 1 aliphatic carbocycles. The molecule has 0 bridgehead atoms. The van der Waals surface area contributed by atoms with E-state index >= 15 is 0 Å². The minimum atomic E-state index is -1.67. The van der Waals surface area contributed by atoms with Crippen LogP contribution in [-0.2, 0) is 6.42 Å². The van der Waals surface area contributed by atoms with Gasteiger partial charge in [-0.05, 0) is 46.7 Å². The number of ether oxygens (including phenoxy) is 1. The van der Waals surface area contributed by atoms with Crippen molar-refractivity contribution in [1.82, 2.24) is 0 Å². The molecule has 0 saturated carbocycles. The van der Waals surface area contributed by atoms with E-state index in [1.165, 1.54) is 27.4 Å². The lowest BCUT2D eigenvalue weighted by molar-refractivity contribution is 0.411. The van der Waals surface area contributed by atoms with Gasteiger partial charge in [-0.15, -0.1) is 0 Å². The monoisotopic (exact) mass is 378 g/mol. The quantitative estimate of drug-likeness (QED) is 0.542. The molecule has 0 amide bonds. The summed E-state index contributed by atoms with van der Waals surface area (Å²) in [7, 11) is 0.176. The molecule has 27 heavy (non-hydrogen) atoms. The standard InChI is InChI=1S/C25H34OSi/c1-18-16-21(15-14-20-13-12-19-10-8-9-11-22(19)20)24(26-5)23(17-18)27(6,7)25(2,3)4/h8-13,16-17,20H,14-15H2,1-7H3. The Kier molecular flexibility index (Phi) is 5.40. The van der Waals surface area contributed by atoms with E-state index in [2.05, 4.69) is 89.3 Å². The topological polar surface area (TPSA) is 9.23 Å². The largest absolute Gasteiger partial charge is 0.497 e. The van der Waals surface area contributed by atoms with Crippen LogP contribution in [0.2, 0.25) is 18.1 Å². The molecule has 1 nitrogen and oxygen atoms in total. The van der Waals surface area contributed by atoms with Crippen LogP contribution in [0, 0.1) is 6.92 Å². The fraction of sp³-hybridized carbons (Fsp3) is 0.440. The maximum Gasteiger partial charge on any atom is 0.121 e. The maximum atomic E-state index is 6.01. The summed E-state index contributed by atoms with van der Waals surface area (Å²) in [6.45, 7) is 14.3. The zero-order chi connectivity index (χ0) is 19.8. The molecule has 1 aliphatic rings. The maximum absolute atomic E-state index is 6.01. The van der Waals surface area contributed by atoms with E-state index in [-0.39, 0.29) is 0 Å². The molecule has 0 spiro atoms. The van der Waals surface area contributed by atoms with Gasteiger partial charge in [0.2, 0.25) is 0 Å². The highest BCUT2D eigenvalue weighted by molar-refractivity contribution is 6.92. The van der Waals surface area contributed by atoms with Crippen molar-refractivity contribution in [3.05, 3.63) is 64.7 Å². The second-order valence-electron chi connectivity index (χ2n) is 9.51. The first kappa shape index (κ1) is 19.9. The number of fused-ring (bicyclic) bond motifs is 1. The highest BCUT2D eigenvalue weighted by Crippen LogP contribution is 2.39. The molecule has 0 aliphatic heterocycles. The highest BCUT2D eigenvalue weighted by Gasteiger charge is 2.39. The van der Waals surface area contributed by atoms with Crippen molar-refractivity contribution < 1.29 is 4.74 Å². The normalized spacial score (nSPS) is 16.5. The van der Waals surface area contributed by atoms with Crippen molar-refractivity contribution in [2.75, 3.05) is 7.11 Å². The fourth-order valence-electron chi connectivity index (χ4n) is 4.03. The Morgan fingerprint density at radius 2 is 1.78 bits per heavy atom. The fourth-order valence-corrected chi connectivity index (χ4v) is 6.26. The summed E-state index contributed by atoms with van der Waals surface area (Å²) < 4.78 is 6.01. The van der Waals surface area contributed by atoms with E-state index in [1.807, 2.05) is 7.11 Å². The highest BCUT2D eigenvalue weighted by atomic mass is 28.3. The number of allylic oxidation sites excluding steroid dienone is 1. The average Bonchev–Trinajstić information content (AvgIpc) is 3.01. The third kappa shape index (κ3) is 3.78. The van der Waals surface area contributed by atoms with Crippen LogP contribution >= 0.6 is 0 Å². The summed E-state index contributed by atoms with van der Waals surface area (Å²) in [6.07, 6.45) is 6.82. The van der Waals surface area contributed by atoms with E-state index < -0.39 is 8.07 Å². The van der Waals surface area contributed by atoms with E-state index in [0.29, 0.717) is 11.0 Å². The van der Waals surface area contributed by atoms with E-state index in [4.69, 9.17) is 4.74 Å². The number of rotatable bonds is 5. The molecule has 2 aromatic rings. The van der Waals surface area contributed by atoms with Crippen LogP contribution in [0.15, 0.2) is 42.5 Å². The zero-order valence-electron chi connectivity index (χ0n) is 18.0. The Morgan fingerprint density at radius 3 is 2.44 bits per heavy atom. The van der Waals surface area contributed by atoms with Gasteiger partial charge in [0.05, 0.1) is 15.2 Å². The molecule has 0 heterocycles. The summed E-state index contributed by atoms with van der Waals surface area (Å²) >= 11 is 0. The zero-order valence-corrected chi connectivity index (χ0v) is 19.0. The van der Waals surface area contributed by atoms with Gasteiger partial charge in [0, 0.05) is 5.92 Å². The summed E-state index contributed by atoms with van der Waals surface area (Å²) in [5.41, 5.74) is 5.57. The van der Waals surface area contributed by atoms with Gasteiger partial charge in [-0.3, -0.25) is 0 Å². The van der Waals surface area contributed by atoms with E-state index in [9.17, 15) is 0 Å². The molecule has 1 atom stereocenters. The molecule has 0 N–H and O–H groups in total. The lowest BCUT2D eigenvalue weighted by Crippen LogP contribution is -2.50. The first-order valence-corrected chi connectivity index (χ1v) is 13.1. The predicted molar refractivity (Wildman–Crippen MR) is 121 cm³/mol. The molecule has 0 aromatic heterocycles. The van der Waals surface area contributed by atoms with Crippen molar-refractivity contribution in [2.45, 2.75) is 64.6 Å². The number of hydrogen-bond donors (Lipinski definition) is 0. The van der Waals surface area contributed by atoms with Crippen LogP contribution < -0.4 is 9.92 Å². The predicted octanol–water partition coefficient (Wildman–Crippen LogP) is 6.46. The van der Waals surface area contributed by atoms with Gasteiger partial charge in [0.25, 0.3) is 0 Å². The minimum absolute atomic E-state index is 0.290. The molecule has 3 rings (SSSR count). The number of aryl methyl sites for hydroxylation is 2. The molecule has 144 valence electrons. The first-order valence-electron chi connectivity index (χ1n) is 10.1. The third-order valence-electron chi connectivity index (χ3n) is 6.69. The van der Waals surface area contributed by atoms with Gasteiger partial charge >= 0.3 is 0 Å². The van der Waals surface area contributed by atoms with Crippen LogP contribution in [-0.4, -0.2) is 15.2 Å². The second kappa shape index (κ2) is 7.31. The van der Waals surface area contributed by atoms with Gasteiger partial charge in [0.15, 0.2) is 0 Å². The van der Waals surface area contributed by atoms with Gasteiger partial charge in [0.1, 0.15) is 5.75 Å². The lowest BCUT2D eigenvalue weighted by atomic mass is 9.93. The Morgan fingerprint density at radius 1 is 1.07 bits per heavy atom. The van der Waals surface area contributed by atoms with Crippen LogP contribution in [0.3, 0.4) is 0 Å². The third-order valence-corrected chi connectivity index (χ3v) is 12.2. The summed E-state index contributed by atoms with van der Waals surface area (Å²) in [5, 5.41) is 1.76. The van der Waals surface area contributed by atoms with Gasteiger partial charge in [-0.25, -0.2) is 0 Å². The molecular formula is C25H34OSi. The van der Waals surface area contributed by atoms with Crippen molar-refractivity contribution in [1.29, 1.82) is 0 Å². The summed E-state index contributed by atoms with van der Waals surface area (Å²) in [5.74, 6) is 1.66. The SMILES string of the molecule is COc1c(CCC2C=Cc3ccccc32)cc(C)cc1[Si](C)(C)C(C)(C)C. The average molecular weight is 379 g/mol. The Balaban J connectivity index is 1.92. The molecule has 0 radical (unpaired) electrons. The van der Waals surface area contributed by atoms with E-state index in [0.717, 1.165) is 18.6 Å². The molecular weight excluding hydrogens is 344 g/mol. The smallest absolute Gasteiger partial charge is 0.121 e. The van der Waals surface area contributed by atoms with Gasteiger partial charge in [-0.2, -0.15) is 0 Å². The summed E-state index contributed by atoms with van der Waals surface area (Å²) in [6, 6.07) is 13.5. The molecule has 2 aromatic carbocycles. The molecule has 1 unspecified atom stereocenters. The number of methoxy groups -OCH3 is 1. The second-order valence-corrected chi connectivity index (χ2v) is 14.8. The minimum Gasteiger partial charge on any atom is -0.497 e. The molecule has 2 heteroatoms. The Labute approximate surface area is 166 Å². The molecule has 0 fully saturated rings. The Bertz CT molecular complexity index is 855. The van der Waals surface area contributed by atoms with Crippen molar-refractivity contribution in [3.63, 3.8) is 0 Å². The van der Waals surface area contributed by atoms with Crippen LogP contribution in [0.4, 0.5) is 0 Å². The molecule has 0 saturated heterocycles. The summed E-state index contributed by atoms with van der Waals surface area (Å²) in [4.78, 5) is 0. The van der Waals surface area contributed by atoms with Crippen LogP contribution in [0.5, 0.6) is 5.75 Å². The Hall–Kier alpha value is -1.80. The first-order chi connectivity index (χ1) is 12.6. The van der Waals surface area contributed by atoms with Crippen molar-refractivity contribution in [3.8, 4) is 5.75 Å². The van der Waals surface area contributed by atoms with E-state index in [1.54, 1.807) is 0 Å². The van der Waals surface area contributed by atoms with Crippen molar-refractivity contribution >= 4 is 19.3 Å². The van der Waals surface area contributed by atoms with Crippen LogP contribution in [0.1, 0.15) is 55.4 Å². The van der Waals surface area contributed by atoms with Crippen LogP contribution in [0.25, 0.3) is 6.08 Å². The van der Waals surface area contributed by atoms with Gasteiger partial charge in [-0.1, -0.05) is 88.0 Å². The lowest BCUT2D eigenvalue weighted by Gasteiger charge is -2.38. The van der Waals surface area contributed by atoms with Gasteiger partial charge < -0.3 is 4.74 Å².